The predicted octanol–water partition coefficient (Wildman–Crippen LogP) is 2.45. The fourth-order valence-corrected chi connectivity index (χ4v) is 2.24. The van der Waals surface area contributed by atoms with Gasteiger partial charge in [-0.1, -0.05) is 17.7 Å². The first-order valence-electron chi connectivity index (χ1n) is 5.65. The van der Waals surface area contributed by atoms with Crippen LogP contribution in [0.2, 0.25) is 5.02 Å². The van der Waals surface area contributed by atoms with Gasteiger partial charge in [0.1, 0.15) is 5.78 Å². The molecule has 0 radical (unpaired) electrons. The number of likely N-dealkylation sites (tertiary alicyclic amines) is 1. The summed E-state index contributed by atoms with van der Waals surface area (Å²) in [6, 6.07) is 5.40. The number of hydrogen-bond acceptors (Lipinski definition) is 2. The van der Waals surface area contributed by atoms with Crippen molar-refractivity contribution in [2.24, 2.45) is 0 Å². The van der Waals surface area contributed by atoms with E-state index in [0.717, 1.165) is 5.56 Å². The number of Topliss-reactive ketones (excluding diaryl/α,β-unsaturated/α-hetero) is 1. The number of nitrogens with zero attached hydrogens (tertiary/aromatic N) is 1. The van der Waals surface area contributed by atoms with E-state index in [9.17, 15) is 9.59 Å². The molecule has 1 aliphatic heterocycles. The van der Waals surface area contributed by atoms with Crippen LogP contribution in [0.4, 0.5) is 0 Å². The molecule has 17 heavy (non-hydrogen) atoms. The highest BCUT2D eigenvalue weighted by atomic mass is 35.5. The summed E-state index contributed by atoms with van der Waals surface area (Å²) in [5, 5.41) is 0.479. The van der Waals surface area contributed by atoms with E-state index in [1.54, 1.807) is 17.0 Å². The van der Waals surface area contributed by atoms with Gasteiger partial charge >= 0.3 is 0 Å². The van der Waals surface area contributed by atoms with Gasteiger partial charge in [-0.05, 0) is 24.6 Å². The van der Waals surface area contributed by atoms with Crippen LogP contribution in [0, 0.1) is 6.92 Å². The fraction of sp³-hybridized carbons (Fsp3) is 0.385. The van der Waals surface area contributed by atoms with Crippen LogP contribution < -0.4 is 0 Å². The van der Waals surface area contributed by atoms with E-state index in [0.29, 0.717) is 36.5 Å². The van der Waals surface area contributed by atoms with Gasteiger partial charge in [0.15, 0.2) is 0 Å². The molecule has 1 fully saturated rings. The number of aryl methyl sites for hydroxylation is 1. The maximum Gasteiger partial charge on any atom is 0.255 e. The molecule has 0 bridgehead atoms. The van der Waals surface area contributed by atoms with E-state index >= 15 is 0 Å². The summed E-state index contributed by atoms with van der Waals surface area (Å²) < 4.78 is 0. The van der Waals surface area contributed by atoms with Crippen molar-refractivity contribution in [1.82, 2.24) is 4.90 Å². The predicted molar refractivity (Wildman–Crippen MR) is 66.3 cm³/mol. The molecular weight excluding hydrogens is 238 g/mol. The molecule has 0 spiro atoms. The van der Waals surface area contributed by atoms with Crippen molar-refractivity contribution in [1.29, 1.82) is 0 Å². The van der Waals surface area contributed by atoms with Gasteiger partial charge in [0, 0.05) is 25.9 Å². The summed E-state index contributed by atoms with van der Waals surface area (Å²) in [4.78, 5) is 25.0. The average molecular weight is 252 g/mol. The van der Waals surface area contributed by atoms with Crippen molar-refractivity contribution in [3.05, 3.63) is 34.3 Å². The Balaban J connectivity index is 2.16. The highest BCUT2D eigenvalue weighted by molar-refractivity contribution is 6.33. The molecule has 0 N–H and O–H groups in total. The molecule has 0 aromatic heterocycles. The van der Waals surface area contributed by atoms with Crippen molar-refractivity contribution in [3.8, 4) is 0 Å². The van der Waals surface area contributed by atoms with Crippen molar-refractivity contribution >= 4 is 23.3 Å². The van der Waals surface area contributed by atoms with Crippen LogP contribution in [0.25, 0.3) is 0 Å². The molecule has 3 nitrogen and oxygen atoms in total. The van der Waals surface area contributed by atoms with E-state index in [1.807, 2.05) is 13.0 Å². The highest BCUT2D eigenvalue weighted by Gasteiger charge is 2.23. The monoisotopic (exact) mass is 251 g/mol. The van der Waals surface area contributed by atoms with Crippen LogP contribution in [-0.2, 0) is 4.79 Å². The second kappa shape index (κ2) is 4.88. The van der Waals surface area contributed by atoms with Crippen molar-refractivity contribution in [3.63, 3.8) is 0 Å². The van der Waals surface area contributed by atoms with Crippen molar-refractivity contribution < 1.29 is 9.59 Å². The van der Waals surface area contributed by atoms with Crippen LogP contribution in [0.5, 0.6) is 0 Å². The molecule has 1 heterocycles. The Morgan fingerprint density at radius 2 is 1.94 bits per heavy atom. The van der Waals surface area contributed by atoms with Crippen LogP contribution in [-0.4, -0.2) is 29.7 Å². The lowest BCUT2D eigenvalue weighted by molar-refractivity contribution is -0.120. The summed E-state index contributed by atoms with van der Waals surface area (Å²) in [6.07, 6.45) is 0.907. The fourth-order valence-electron chi connectivity index (χ4n) is 1.92. The van der Waals surface area contributed by atoms with Gasteiger partial charge in [0.2, 0.25) is 0 Å². The Morgan fingerprint density at radius 1 is 1.29 bits per heavy atom. The van der Waals surface area contributed by atoms with Crippen molar-refractivity contribution in [2.45, 2.75) is 19.8 Å². The standard InChI is InChI=1S/C13H14ClNO2/c1-9-2-3-11(12(14)8-9)13(17)15-6-4-10(16)5-7-15/h2-3,8H,4-7H2,1H3. The summed E-state index contributed by atoms with van der Waals surface area (Å²) in [6.45, 7) is 2.93. The molecular formula is C13H14ClNO2. The van der Waals surface area contributed by atoms with E-state index in [1.165, 1.54) is 0 Å². The number of carbonyl (C=O) groups excluding carboxylic acids is 2. The number of piperidine rings is 1. The minimum absolute atomic E-state index is 0.0810. The van der Waals surface area contributed by atoms with Crippen LogP contribution >= 0.6 is 11.6 Å². The lowest BCUT2D eigenvalue weighted by Crippen LogP contribution is -2.38. The minimum atomic E-state index is -0.0810. The van der Waals surface area contributed by atoms with E-state index in [-0.39, 0.29) is 11.7 Å². The van der Waals surface area contributed by atoms with Gasteiger partial charge in [0.25, 0.3) is 5.91 Å². The molecule has 0 unspecified atom stereocenters. The Hall–Kier alpha value is -1.35. The summed E-state index contributed by atoms with van der Waals surface area (Å²) in [5.74, 6) is 0.145. The number of carbonyl (C=O) groups is 2. The molecule has 0 saturated carbocycles. The first-order chi connectivity index (χ1) is 8.08. The number of rotatable bonds is 1. The van der Waals surface area contributed by atoms with E-state index in [2.05, 4.69) is 0 Å². The van der Waals surface area contributed by atoms with Gasteiger partial charge in [-0.15, -0.1) is 0 Å². The van der Waals surface area contributed by atoms with Gasteiger partial charge in [-0.2, -0.15) is 0 Å². The number of ketones is 1. The van der Waals surface area contributed by atoms with Crippen LogP contribution in [0.3, 0.4) is 0 Å². The average Bonchev–Trinajstić information content (AvgIpc) is 2.29. The zero-order valence-corrected chi connectivity index (χ0v) is 10.5. The molecule has 1 aliphatic rings. The second-order valence-corrected chi connectivity index (χ2v) is 4.72. The molecule has 1 saturated heterocycles. The first-order valence-corrected chi connectivity index (χ1v) is 6.03. The SMILES string of the molecule is Cc1ccc(C(=O)N2CCC(=O)CC2)c(Cl)c1. The highest BCUT2D eigenvalue weighted by Crippen LogP contribution is 2.20. The Labute approximate surface area is 105 Å². The summed E-state index contributed by atoms with van der Waals surface area (Å²) >= 11 is 6.06. The maximum atomic E-state index is 12.2. The molecule has 0 atom stereocenters. The molecule has 4 heteroatoms. The third-order valence-corrected chi connectivity index (χ3v) is 3.28. The molecule has 1 aromatic carbocycles. The quantitative estimate of drug-likeness (QED) is 0.769. The molecule has 2 rings (SSSR count). The molecule has 0 aliphatic carbocycles. The molecule has 90 valence electrons. The Kier molecular flexibility index (Phi) is 3.48. The number of amides is 1. The van der Waals surface area contributed by atoms with Gasteiger partial charge in [-0.25, -0.2) is 0 Å². The molecule has 1 amide bonds. The third-order valence-electron chi connectivity index (χ3n) is 2.96. The summed E-state index contributed by atoms with van der Waals surface area (Å²) in [5.41, 5.74) is 1.55. The Bertz CT molecular complexity index is 460. The zero-order chi connectivity index (χ0) is 12.4. The smallest absolute Gasteiger partial charge is 0.255 e. The Morgan fingerprint density at radius 3 is 2.53 bits per heavy atom. The number of halogens is 1. The number of hydrogen-bond donors (Lipinski definition) is 0. The maximum absolute atomic E-state index is 12.2. The summed E-state index contributed by atoms with van der Waals surface area (Å²) in [7, 11) is 0. The van der Waals surface area contributed by atoms with Gasteiger partial charge in [-0.3, -0.25) is 9.59 Å². The first kappa shape index (κ1) is 12.1. The van der Waals surface area contributed by atoms with E-state index in [4.69, 9.17) is 11.6 Å². The van der Waals surface area contributed by atoms with Crippen LogP contribution in [0.1, 0.15) is 28.8 Å². The topological polar surface area (TPSA) is 37.4 Å². The van der Waals surface area contributed by atoms with Crippen LogP contribution in [0.15, 0.2) is 18.2 Å². The van der Waals surface area contributed by atoms with Gasteiger partial charge in [0.05, 0.1) is 10.6 Å². The van der Waals surface area contributed by atoms with Gasteiger partial charge < -0.3 is 4.90 Å². The van der Waals surface area contributed by atoms with E-state index < -0.39 is 0 Å². The number of benzene rings is 1. The largest absolute Gasteiger partial charge is 0.338 e. The normalized spacial score (nSPS) is 16.1. The lowest BCUT2D eigenvalue weighted by Gasteiger charge is -2.26. The minimum Gasteiger partial charge on any atom is -0.338 e. The third kappa shape index (κ3) is 2.67. The second-order valence-electron chi connectivity index (χ2n) is 4.31. The molecule has 1 aromatic rings. The lowest BCUT2D eigenvalue weighted by atomic mass is 10.1. The zero-order valence-electron chi connectivity index (χ0n) is 9.70. The van der Waals surface area contributed by atoms with Crippen molar-refractivity contribution in [2.75, 3.05) is 13.1 Å².